The van der Waals surface area contributed by atoms with Crippen LogP contribution in [-0.4, -0.2) is 48.5 Å². The molecule has 1 aromatic carbocycles. The topological polar surface area (TPSA) is 124 Å². The van der Waals surface area contributed by atoms with E-state index in [9.17, 15) is 23.5 Å². The zero-order valence-corrected chi connectivity index (χ0v) is 21.7. The maximum absolute atomic E-state index is 14.4. The molecule has 10 nitrogen and oxygen atoms in total. The third-order valence-electron chi connectivity index (χ3n) is 6.85. The second kappa shape index (κ2) is 10.1. The summed E-state index contributed by atoms with van der Waals surface area (Å²) in [6.45, 7) is 3.20. The molecule has 4 aromatic rings. The van der Waals surface area contributed by atoms with Crippen LogP contribution in [0.1, 0.15) is 65.5 Å². The van der Waals surface area contributed by atoms with E-state index in [2.05, 4.69) is 21.7 Å². The molecule has 204 valence electrons. The van der Waals surface area contributed by atoms with Crippen LogP contribution < -0.4 is 10.1 Å². The SMILES string of the molecule is COc1ccc(F)c(CNC(=O)c2cn(Cc3cn4cc(C5CC5)cc(CC(C)(C)C(=O)O)c4n3)nn2)c1F. The molecule has 2 N–H and O–H groups in total. The molecule has 39 heavy (non-hydrogen) atoms. The van der Waals surface area contributed by atoms with Crippen molar-refractivity contribution in [1.82, 2.24) is 29.7 Å². The highest BCUT2D eigenvalue weighted by Crippen LogP contribution is 2.41. The Hall–Kier alpha value is -4.35. The second-order valence-corrected chi connectivity index (χ2v) is 10.4. The minimum absolute atomic E-state index is 0.0256. The highest BCUT2D eigenvalue weighted by Gasteiger charge is 2.31. The first-order valence-electron chi connectivity index (χ1n) is 12.5. The summed E-state index contributed by atoms with van der Waals surface area (Å²) in [7, 11) is 1.27. The number of aromatic nitrogens is 5. The van der Waals surface area contributed by atoms with Gasteiger partial charge in [-0.25, -0.2) is 18.4 Å². The van der Waals surface area contributed by atoms with Crippen LogP contribution in [0.4, 0.5) is 8.78 Å². The summed E-state index contributed by atoms with van der Waals surface area (Å²) >= 11 is 0. The number of carbonyl (C=O) groups is 2. The molecule has 0 spiro atoms. The van der Waals surface area contributed by atoms with Crippen LogP contribution in [0.5, 0.6) is 5.75 Å². The lowest BCUT2D eigenvalue weighted by molar-refractivity contribution is -0.146. The first-order chi connectivity index (χ1) is 18.6. The molecule has 1 saturated carbocycles. The average molecular weight is 539 g/mol. The number of ether oxygens (including phenoxy) is 1. The number of hydrogen-bond acceptors (Lipinski definition) is 6. The largest absolute Gasteiger partial charge is 0.494 e. The number of hydrogen-bond donors (Lipinski definition) is 2. The number of nitrogens with zero attached hydrogens (tertiary/aromatic N) is 5. The summed E-state index contributed by atoms with van der Waals surface area (Å²) < 4.78 is 36.6. The minimum atomic E-state index is -0.959. The molecule has 0 bridgehead atoms. The third kappa shape index (κ3) is 5.45. The Kier molecular flexibility index (Phi) is 6.79. The van der Waals surface area contributed by atoms with Gasteiger partial charge in [0.1, 0.15) is 11.5 Å². The van der Waals surface area contributed by atoms with Crippen LogP contribution in [0, 0.1) is 17.0 Å². The number of methoxy groups -OCH3 is 1. The highest BCUT2D eigenvalue weighted by atomic mass is 19.1. The minimum Gasteiger partial charge on any atom is -0.494 e. The van der Waals surface area contributed by atoms with Gasteiger partial charge in [0, 0.05) is 24.5 Å². The summed E-state index contributed by atoms with van der Waals surface area (Å²) in [6.07, 6.45) is 7.84. The standard InChI is InChI=1S/C27H28F2N6O4/c1-27(2,26(37)38)9-16-8-17(15-4-5-15)11-34-12-18(31-24(16)34)13-35-14-21(32-33-35)25(36)30-10-19-20(28)6-7-22(39-3)23(19)29/h6-8,11-12,14-15H,4-5,9-10,13H2,1-3H3,(H,30,36)(H,37,38). The molecule has 1 fully saturated rings. The van der Waals surface area contributed by atoms with Gasteiger partial charge in [0.15, 0.2) is 17.3 Å². The summed E-state index contributed by atoms with van der Waals surface area (Å²) in [5.74, 6) is -2.87. The number of benzene rings is 1. The van der Waals surface area contributed by atoms with Crippen molar-refractivity contribution in [3.63, 3.8) is 0 Å². The summed E-state index contributed by atoms with van der Waals surface area (Å²) in [5.41, 5.74) is 2.02. The van der Waals surface area contributed by atoms with Gasteiger partial charge in [-0.2, -0.15) is 0 Å². The van der Waals surface area contributed by atoms with Crippen LogP contribution in [0.15, 0.2) is 36.8 Å². The van der Waals surface area contributed by atoms with Gasteiger partial charge >= 0.3 is 5.97 Å². The molecule has 1 amide bonds. The van der Waals surface area contributed by atoms with Gasteiger partial charge in [-0.05, 0) is 62.3 Å². The number of halogens is 2. The van der Waals surface area contributed by atoms with E-state index in [4.69, 9.17) is 9.72 Å². The van der Waals surface area contributed by atoms with Crippen molar-refractivity contribution >= 4 is 17.5 Å². The fraction of sp³-hybridized carbons (Fsp3) is 0.370. The summed E-state index contributed by atoms with van der Waals surface area (Å²) in [4.78, 5) is 29.1. The van der Waals surface area contributed by atoms with E-state index < -0.39 is 35.5 Å². The predicted molar refractivity (Wildman–Crippen MR) is 135 cm³/mol. The van der Waals surface area contributed by atoms with Crippen molar-refractivity contribution in [2.45, 2.75) is 52.1 Å². The number of amides is 1. The molecule has 0 aliphatic heterocycles. The molecule has 0 unspecified atom stereocenters. The molecule has 1 aliphatic rings. The Morgan fingerprint density at radius 2 is 1.97 bits per heavy atom. The predicted octanol–water partition coefficient (Wildman–Crippen LogP) is 3.72. The van der Waals surface area contributed by atoms with E-state index in [1.54, 1.807) is 13.8 Å². The normalized spacial score (nSPS) is 13.6. The monoisotopic (exact) mass is 538 g/mol. The molecule has 0 radical (unpaired) electrons. The maximum Gasteiger partial charge on any atom is 0.309 e. The quantitative estimate of drug-likeness (QED) is 0.315. The zero-order valence-electron chi connectivity index (χ0n) is 21.7. The Morgan fingerprint density at radius 1 is 1.21 bits per heavy atom. The summed E-state index contributed by atoms with van der Waals surface area (Å²) in [5, 5.41) is 20.0. The molecular weight excluding hydrogens is 510 g/mol. The van der Waals surface area contributed by atoms with Crippen LogP contribution in [0.2, 0.25) is 0 Å². The fourth-order valence-electron chi connectivity index (χ4n) is 4.44. The van der Waals surface area contributed by atoms with Crippen molar-refractivity contribution < 1.29 is 28.2 Å². The lowest BCUT2D eigenvalue weighted by atomic mass is 9.86. The van der Waals surface area contributed by atoms with Gasteiger partial charge in [-0.15, -0.1) is 5.10 Å². The molecule has 3 heterocycles. The number of fused-ring (bicyclic) bond motifs is 1. The first-order valence-corrected chi connectivity index (χ1v) is 12.5. The number of nitrogens with one attached hydrogen (secondary N) is 1. The van der Waals surface area contributed by atoms with Gasteiger partial charge in [0.2, 0.25) is 0 Å². The fourth-order valence-corrected chi connectivity index (χ4v) is 4.44. The third-order valence-corrected chi connectivity index (χ3v) is 6.85. The highest BCUT2D eigenvalue weighted by molar-refractivity contribution is 5.91. The molecule has 0 saturated heterocycles. The molecular formula is C27H28F2N6O4. The van der Waals surface area contributed by atoms with E-state index in [0.29, 0.717) is 23.7 Å². The molecule has 12 heteroatoms. The molecule has 0 atom stereocenters. The number of imidazole rings is 1. The second-order valence-electron chi connectivity index (χ2n) is 10.4. The van der Waals surface area contributed by atoms with E-state index in [-0.39, 0.29) is 23.6 Å². The summed E-state index contributed by atoms with van der Waals surface area (Å²) in [6, 6.07) is 4.29. The van der Waals surface area contributed by atoms with Crippen molar-refractivity contribution in [2.75, 3.05) is 7.11 Å². The van der Waals surface area contributed by atoms with Gasteiger partial charge in [0.25, 0.3) is 5.91 Å². The van der Waals surface area contributed by atoms with E-state index in [1.807, 2.05) is 16.8 Å². The Bertz CT molecular complexity index is 1570. The number of aliphatic carboxylic acids is 1. The van der Waals surface area contributed by atoms with Crippen LogP contribution >= 0.6 is 0 Å². The molecule has 5 rings (SSSR count). The van der Waals surface area contributed by atoms with Gasteiger partial charge in [-0.3, -0.25) is 9.59 Å². The lowest BCUT2D eigenvalue weighted by Crippen LogP contribution is -2.26. The Balaban J connectivity index is 1.33. The smallest absolute Gasteiger partial charge is 0.309 e. The van der Waals surface area contributed by atoms with Gasteiger partial charge in [-0.1, -0.05) is 11.3 Å². The molecule has 1 aliphatic carbocycles. The van der Waals surface area contributed by atoms with Crippen molar-refractivity contribution in [3.05, 3.63) is 76.5 Å². The Labute approximate surface area is 222 Å². The number of pyridine rings is 1. The van der Waals surface area contributed by atoms with Crippen molar-refractivity contribution in [3.8, 4) is 5.75 Å². The van der Waals surface area contributed by atoms with Gasteiger partial charge in [0.05, 0.1) is 31.0 Å². The van der Waals surface area contributed by atoms with Crippen LogP contribution in [0.25, 0.3) is 5.65 Å². The van der Waals surface area contributed by atoms with Gasteiger partial charge < -0.3 is 19.6 Å². The van der Waals surface area contributed by atoms with E-state index in [1.165, 1.54) is 24.1 Å². The molecule has 3 aromatic heterocycles. The van der Waals surface area contributed by atoms with Crippen molar-refractivity contribution in [1.29, 1.82) is 0 Å². The van der Waals surface area contributed by atoms with E-state index in [0.717, 1.165) is 30.0 Å². The average Bonchev–Trinajstić information content (AvgIpc) is 3.50. The lowest BCUT2D eigenvalue weighted by Gasteiger charge is -2.20. The van der Waals surface area contributed by atoms with Crippen molar-refractivity contribution in [2.24, 2.45) is 5.41 Å². The van der Waals surface area contributed by atoms with E-state index >= 15 is 0 Å². The van der Waals surface area contributed by atoms with Crippen LogP contribution in [0.3, 0.4) is 0 Å². The number of rotatable bonds is 10. The maximum atomic E-state index is 14.4. The van der Waals surface area contributed by atoms with Crippen LogP contribution in [-0.2, 0) is 24.3 Å². The number of carboxylic acid groups (broad SMARTS) is 1. The Morgan fingerprint density at radius 3 is 2.67 bits per heavy atom. The number of carbonyl (C=O) groups excluding carboxylic acids is 1. The number of carboxylic acids is 1. The zero-order chi connectivity index (χ0) is 27.9. The first kappa shape index (κ1) is 26.3.